The van der Waals surface area contributed by atoms with E-state index in [0.29, 0.717) is 11.3 Å². The van der Waals surface area contributed by atoms with E-state index in [9.17, 15) is 13.2 Å². The van der Waals surface area contributed by atoms with Crippen molar-refractivity contribution in [1.82, 2.24) is 0 Å². The van der Waals surface area contributed by atoms with E-state index in [2.05, 4.69) is 0 Å². The predicted molar refractivity (Wildman–Crippen MR) is 63.4 cm³/mol. The molecule has 1 aromatic carbocycles. The van der Waals surface area contributed by atoms with Gasteiger partial charge in [0, 0.05) is 12.7 Å². The highest BCUT2D eigenvalue weighted by molar-refractivity contribution is 7.90. The molecule has 0 bridgehead atoms. The van der Waals surface area contributed by atoms with Gasteiger partial charge in [-0.3, -0.25) is 0 Å². The molecule has 0 amide bonds. The first-order chi connectivity index (χ1) is 7.36. The van der Waals surface area contributed by atoms with E-state index in [-0.39, 0.29) is 5.92 Å². The summed E-state index contributed by atoms with van der Waals surface area (Å²) in [7, 11) is -3.16. The lowest BCUT2D eigenvalue weighted by Crippen LogP contribution is -2.02. The molecular formula is C12H16O3S. The standard InChI is InChI=1S/C12H16O3S/c1-9(6-7-13)11-4-5-12(10(2)8-11)16(3,14)15/h4-5,7-9H,6H2,1-3H3. The van der Waals surface area contributed by atoms with Crippen molar-refractivity contribution in [1.29, 1.82) is 0 Å². The zero-order valence-corrected chi connectivity index (χ0v) is 10.5. The minimum absolute atomic E-state index is 0.129. The number of hydrogen-bond acceptors (Lipinski definition) is 3. The molecule has 0 fully saturated rings. The van der Waals surface area contributed by atoms with Crippen LogP contribution >= 0.6 is 0 Å². The van der Waals surface area contributed by atoms with Crippen molar-refractivity contribution in [2.75, 3.05) is 6.26 Å². The number of benzene rings is 1. The van der Waals surface area contributed by atoms with Crippen molar-refractivity contribution in [2.24, 2.45) is 0 Å². The number of rotatable bonds is 4. The smallest absolute Gasteiger partial charge is 0.175 e. The molecule has 0 spiro atoms. The molecule has 16 heavy (non-hydrogen) atoms. The Labute approximate surface area is 96.4 Å². The van der Waals surface area contributed by atoms with Crippen molar-refractivity contribution >= 4 is 16.1 Å². The van der Waals surface area contributed by atoms with Crippen molar-refractivity contribution in [3.05, 3.63) is 29.3 Å². The molecule has 1 aromatic rings. The highest BCUT2D eigenvalue weighted by atomic mass is 32.2. The van der Waals surface area contributed by atoms with Crippen molar-refractivity contribution in [2.45, 2.75) is 31.1 Å². The van der Waals surface area contributed by atoms with E-state index in [1.165, 1.54) is 6.26 Å². The monoisotopic (exact) mass is 240 g/mol. The predicted octanol–water partition coefficient (Wildman–Crippen LogP) is 2.09. The van der Waals surface area contributed by atoms with Gasteiger partial charge in [0.15, 0.2) is 9.84 Å². The maximum Gasteiger partial charge on any atom is 0.175 e. The Balaban J connectivity index is 3.14. The van der Waals surface area contributed by atoms with E-state index >= 15 is 0 Å². The van der Waals surface area contributed by atoms with E-state index in [0.717, 1.165) is 17.4 Å². The second-order valence-corrected chi connectivity index (χ2v) is 6.08. The average molecular weight is 240 g/mol. The maximum absolute atomic E-state index is 11.4. The van der Waals surface area contributed by atoms with Crippen molar-refractivity contribution < 1.29 is 13.2 Å². The normalized spacial score (nSPS) is 13.4. The Morgan fingerprint density at radius 1 is 1.38 bits per heavy atom. The summed E-state index contributed by atoms with van der Waals surface area (Å²) in [5, 5.41) is 0. The number of carbonyl (C=O) groups excluding carboxylic acids is 1. The molecule has 0 N–H and O–H groups in total. The fraction of sp³-hybridized carbons (Fsp3) is 0.417. The van der Waals surface area contributed by atoms with Crippen molar-refractivity contribution in [3.63, 3.8) is 0 Å². The van der Waals surface area contributed by atoms with Gasteiger partial charge in [-0.1, -0.05) is 19.1 Å². The topological polar surface area (TPSA) is 51.2 Å². The Hall–Kier alpha value is -1.16. The molecule has 0 aromatic heterocycles. The van der Waals surface area contributed by atoms with E-state index in [1.54, 1.807) is 19.1 Å². The summed E-state index contributed by atoms with van der Waals surface area (Å²) < 4.78 is 22.8. The summed E-state index contributed by atoms with van der Waals surface area (Å²) in [5.41, 5.74) is 1.73. The summed E-state index contributed by atoms with van der Waals surface area (Å²) in [6.07, 6.45) is 2.53. The SMILES string of the molecule is Cc1cc(C(C)CC=O)ccc1S(C)(=O)=O. The van der Waals surface area contributed by atoms with Gasteiger partial charge in [0.2, 0.25) is 0 Å². The van der Waals surface area contributed by atoms with Crippen LogP contribution in [0.2, 0.25) is 0 Å². The lowest BCUT2D eigenvalue weighted by atomic mass is 9.97. The molecule has 1 atom stereocenters. The van der Waals surface area contributed by atoms with Gasteiger partial charge in [0.05, 0.1) is 4.90 Å². The summed E-state index contributed by atoms with van der Waals surface area (Å²) in [5.74, 6) is 0.129. The molecule has 0 saturated carbocycles. The van der Waals surface area contributed by atoms with Crippen LogP contribution in [0.15, 0.2) is 23.1 Å². The molecule has 0 radical (unpaired) electrons. The Kier molecular flexibility index (Phi) is 3.86. The zero-order chi connectivity index (χ0) is 12.3. The number of aldehydes is 1. The van der Waals surface area contributed by atoms with E-state index < -0.39 is 9.84 Å². The first-order valence-electron chi connectivity index (χ1n) is 5.10. The Morgan fingerprint density at radius 2 is 2.00 bits per heavy atom. The summed E-state index contributed by atoms with van der Waals surface area (Å²) in [6, 6.07) is 5.23. The minimum Gasteiger partial charge on any atom is -0.303 e. The van der Waals surface area contributed by atoms with Gasteiger partial charge in [0.25, 0.3) is 0 Å². The first-order valence-corrected chi connectivity index (χ1v) is 6.99. The lowest BCUT2D eigenvalue weighted by molar-refractivity contribution is -0.108. The van der Waals surface area contributed by atoms with Gasteiger partial charge in [-0.15, -0.1) is 0 Å². The van der Waals surface area contributed by atoms with Gasteiger partial charge in [-0.25, -0.2) is 8.42 Å². The number of carbonyl (C=O) groups is 1. The van der Waals surface area contributed by atoms with Crippen LogP contribution < -0.4 is 0 Å². The van der Waals surface area contributed by atoms with E-state index in [4.69, 9.17) is 0 Å². The third kappa shape index (κ3) is 2.92. The highest BCUT2D eigenvalue weighted by Gasteiger charge is 2.12. The van der Waals surface area contributed by atoms with E-state index in [1.807, 2.05) is 13.0 Å². The van der Waals surface area contributed by atoms with Crippen LogP contribution in [0.4, 0.5) is 0 Å². The van der Waals surface area contributed by atoms with Gasteiger partial charge >= 0.3 is 0 Å². The quantitative estimate of drug-likeness (QED) is 0.757. The average Bonchev–Trinajstić information content (AvgIpc) is 2.16. The number of sulfone groups is 1. The Bertz CT molecular complexity index is 489. The largest absolute Gasteiger partial charge is 0.303 e. The molecule has 0 aliphatic rings. The first kappa shape index (κ1) is 12.9. The molecule has 0 aliphatic carbocycles. The van der Waals surface area contributed by atoms with Crippen LogP contribution in [0.1, 0.15) is 30.4 Å². The summed E-state index contributed by atoms with van der Waals surface area (Å²) in [4.78, 5) is 10.8. The van der Waals surface area contributed by atoms with Gasteiger partial charge in [0.1, 0.15) is 6.29 Å². The van der Waals surface area contributed by atoms with Gasteiger partial charge < -0.3 is 4.79 Å². The minimum atomic E-state index is -3.16. The summed E-state index contributed by atoms with van der Waals surface area (Å²) in [6.45, 7) is 3.72. The van der Waals surface area contributed by atoms with Crippen LogP contribution in [-0.2, 0) is 14.6 Å². The number of hydrogen-bond donors (Lipinski definition) is 0. The fourth-order valence-corrected chi connectivity index (χ4v) is 2.63. The third-order valence-electron chi connectivity index (χ3n) is 2.62. The van der Waals surface area contributed by atoms with Crippen LogP contribution in [0, 0.1) is 6.92 Å². The van der Waals surface area contributed by atoms with Crippen LogP contribution in [-0.4, -0.2) is 21.0 Å². The van der Waals surface area contributed by atoms with Crippen LogP contribution in [0.25, 0.3) is 0 Å². The van der Waals surface area contributed by atoms with Crippen LogP contribution in [0.3, 0.4) is 0 Å². The molecule has 1 rings (SSSR count). The van der Waals surface area contributed by atoms with Gasteiger partial charge in [-0.2, -0.15) is 0 Å². The fourth-order valence-electron chi connectivity index (χ4n) is 1.68. The highest BCUT2D eigenvalue weighted by Crippen LogP contribution is 2.23. The molecule has 88 valence electrons. The second kappa shape index (κ2) is 4.78. The lowest BCUT2D eigenvalue weighted by Gasteiger charge is -2.11. The molecule has 0 saturated heterocycles. The molecule has 1 unspecified atom stereocenters. The zero-order valence-electron chi connectivity index (χ0n) is 9.73. The summed E-state index contributed by atoms with van der Waals surface area (Å²) >= 11 is 0. The molecule has 3 nitrogen and oxygen atoms in total. The molecule has 0 heterocycles. The number of aryl methyl sites for hydroxylation is 1. The maximum atomic E-state index is 11.4. The third-order valence-corrected chi connectivity index (χ3v) is 3.87. The van der Waals surface area contributed by atoms with Crippen molar-refractivity contribution in [3.8, 4) is 0 Å². The molecule has 0 aliphatic heterocycles. The van der Waals surface area contributed by atoms with Crippen LogP contribution in [0.5, 0.6) is 0 Å². The molecule has 4 heteroatoms. The molecular weight excluding hydrogens is 224 g/mol. The second-order valence-electron chi connectivity index (χ2n) is 4.10. The van der Waals surface area contributed by atoms with Gasteiger partial charge in [-0.05, 0) is 30.0 Å². The Morgan fingerprint density at radius 3 is 2.44 bits per heavy atom.